The van der Waals surface area contributed by atoms with Crippen LogP contribution in [0.25, 0.3) is 0 Å². The Morgan fingerprint density at radius 2 is 1.85 bits per heavy atom. The van der Waals surface area contributed by atoms with E-state index in [-0.39, 0.29) is 17.8 Å². The van der Waals surface area contributed by atoms with Crippen LogP contribution in [0.15, 0.2) is 12.2 Å². The van der Waals surface area contributed by atoms with E-state index in [0.717, 1.165) is 51.4 Å². The van der Waals surface area contributed by atoms with Crippen molar-refractivity contribution < 1.29 is 24.9 Å². The Hall–Kier alpha value is -0.910. The minimum atomic E-state index is -0.705. The number of rotatable bonds is 13. The van der Waals surface area contributed by atoms with E-state index in [1.807, 2.05) is 19.1 Å². The normalized spacial score (nSPS) is 27.8. The van der Waals surface area contributed by atoms with Crippen LogP contribution < -0.4 is 0 Å². The van der Waals surface area contributed by atoms with E-state index in [1.165, 1.54) is 7.11 Å². The Morgan fingerprint density at radius 3 is 2.52 bits per heavy atom. The SMILES string of the molecule is CCCCC(C)(O)C/C=C/[C@H]1[C@H](O)CC(O)[C@@H]1CCCCCCC(=O)OC. The zero-order valence-corrected chi connectivity index (χ0v) is 17.4. The minimum Gasteiger partial charge on any atom is -0.469 e. The molecule has 0 saturated heterocycles. The highest BCUT2D eigenvalue weighted by Crippen LogP contribution is 2.37. The summed E-state index contributed by atoms with van der Waals surface area (Å²) in [7, 11) is 1.41. The Morgan fingerprint density at radius 1 is 1.15 bits per heavy atom. The van der Waals surface area contributed by atoms with Gasteiger partial charge in [0.1, 0.15) is 0 Å². The van der Waals surface area contributed by atoms with E-state index in [4.69, 9.17) is 0 Å². The molecular weight excluding hydrogens is 344 g/mol. The number of methoxy groups -OCH3 is 1. The highest BCUT2D eigenvalue weighted by molar-refractivity contribution is 5.68. The van der Waals surface area contributed by atoms with Gasteiger partial charge in [0.2, 0.25) is 0 Å². The van der Waals surface area contributed by atoms with Gasteiger partial charge in [-0.25, -0.2) is 0 Å². The fourth-order valence-electron chi connectivity index (χ4n) is 4.02. The first-order chi connectivity index (χ1) is 12.8. The number of ether oxygens (including phenoxy) is 1. The molecule has 0 aliphatic heterocycles. The number of hydrogen-bond acceptors (Lipinski definition) is 5. The Bertz CT molecular complexity index is 446. The van der Waals surface area contributed by atoms with Crippen LogP contribution in [-0.2, 0) is 9.53 Å². The lowest BCUT2D eigenvalue weighted by Crippen LogP contribution is -2.23. The van der Waals surface area contributed by atoms with Gasteiger partial charge in [-0.15, -0.1) is 0 Å². The molecule has 5 nitrogen and oxygen atoms in total. The van der Waals surface area contributed by atoms with Gasteiger partial charge in [-0.2, -0.15) is 0 Å². The fraction of sp³-hybridized carbons (Fsp3) is 0.864. The summed E-state index contributed by atoms with van der Waals surface area (Å²) in [5.41, 5.74) is -0.705. The number of hydrogen-bond donors (Lipinski definition) is 3. The molecule has 1 fully saturated rings. The number of aliphatic hydroxyl groups is 3. The van der Waals surface area contributed by atoms with E-state index in [2.05, 4.69) is 11.7 Å². The van der Waals surface area contributed by atoms with Crippen molar-refractivity contribution in [1.29, 1.82) is 0 Å². The third kappa shape index (κ3) is 9.22. The van der Waals surface area contributed by atoms with Crippen molar-refractivity contribution in [1.82, 2.24) is 0 Å². The van der Waals surface area contributed by atoms with Crippen molar-refractivity contribution in [2.24, 2.45) is 11.8 Å². The topological polar surface area (TPSA) is 87.0 Å². The lowest BCUT2D eigenvalue weighted by Gasteiger charge is -2.23. The molecule has 1 saturated carbocycles. The van der Waals surface area contributed by atoms with Crippen LogP contribution in [0.3, 0.4) is 0 Å². The molecule has 1 rings (SSSR count). The molecule has 1 aliphatic carbocycles. The van der Waals surface area contributed by atoms with Gasteiger partial charge in [-0.3, -0.25) is 4.79 Å². The van der Waals surface area contributed by atoms with Gasteiger partial charge >= 0.3 is 5.97 Å². The summed E-state index contributed by atoms with van der Waals surface area (Å²) in [5.74, 6) is -0.140. The Balaban J connectivity index is 2.41. The van der Waals surface area contributed by atoms with Crippen molar-refractivity contribution in [3.63, 3.8) is 0 Å². The summed E-state index contributed by atoms with van der Waals surface area (Å²) in [4.78, 5) is 11.1. The summed E-state index contributed by atoms with van der Waals surface area (Å²) >= 11 is 0. The number of unbranched alkanes of at least 4 members (excludes halogenated alkanes) is 4. The predicted octanol–water partition coefficient (Wildman–Crippen LogP) is 3.75. The quantitative estimate of drug-likeness (QED) is 0.256. The monoisotopic (exact) mass is 384 g/mol. The Kier molecular flexibility index (Phi) is 11.2. The molecule has 0 aromatic carbocycles. The molecule has 27 heavy (non-hydrogen) atoms. The first-order valence-electron chi connectivity index (χ1n) is 10.6. The molecule has 158 valence electrons. The van der Waals surface area contributed by atoms with Crippen molar-refractivity contribution in [3.05, 3.63) is 12.2 Å². The Labute approximate surface area is 164 Å². The van der Waals surface area contributed by atoms with Crippen molar-refractivity contribution >= 4 is 5.97 Å². The summed E-state index contributed by atoms with van der Waals surface area (Å²) in [6.07, 6.45) is 12.0. The second-order valence-corrected chi connectivity index (χ2v) is 8.37. The third-order valence-electron chi connectivity index (χ3n) is 5.80. The second kappa shape index (κ2) is 12.5. The van der Waals surface area contributed by atoms with Gasteiger partial charge in [0, 0.05) is 18.8 Å². The van der Waals surface area contributed by atoms with Gasteiger partial charge in [0.05, 0.1) is 24.9 Å². The van der Waals surface area contributed by atoms with Crippen LogP contribution >= 0.6 is 0 Å². The minimum absolute atomic E-state index is 0.0444. The standard InChI is InChI=1S/C22H40O5/c1-4-5-14-22(2,26)15-10-12-18-17(19(23)16-20(18)24)11-8-6-7-9-13-21(25)27-3/h10,12,17-20,23-24,26H,4-9,11,13-16H2,1-3H3/b12-10+/t17-,18-,19?,20-,22?/m1/s1. The van der Waals surface area contributed by atoms with Gasteiger partial charge in [-0.1, -0.05) is 51.2 Å². The zero-order valence-electron chi connectivity index (χ0n) is 17.4. The second-order valence-electron chi connectivity index (χ2n) is 8.37. The lowest BCUT2D eigenvalue weighted by atomic mass is 9.87. The third-order valence-corrected chi connectivity index (χ3v) is 5.80. The summed E-state index contributed by atoms with van der Waals surface area (Å²) in [6.45, 7) is 3.97. The zero-order chi connectivity index (χ0) is 20.3. The van der Waals surface area contributed by atoms with Crippen molar-refractivity contribution in [3.8, 4) is 0 Å². The molecule has 5 atom stereocenters. The molecule has 5 heteroatoms. The first-order valence-corrected chi connectivity index (χ1v) is 10.6. The van der Waals surface area contributed by atoms with Crippen molar-refractivity contribution in [2.45, 2.75) is 102 Å². The molecule has 0 aromatic rings. The van der Waals surface area contributed by atoms with Gasteiger partial charge in [-0.05, 0) is 38.5 Å². The van der Waals surface area contributed by atoms with Gasteiger partial charge in [0.25, 0.3) is 0 Å². The average molecular weight is 385 g/mol. The fourth-order valence-corrected chi connectivity index (χ4v) is 4.02. The van der Waals surface area contributed by atoms with Crippen LogP contribution in [0.4, 0.5) is 0 Å². The number of esters is 1. The molecular formula is C22H40O5. The lowest BCUT2D eigenvalue weighted by molar-refractivity contribution is -0.140. The maximum absolute atomic E-state index is 11.1. The van der Waals surface area contributed by atoms with E-state index in [9.17, 15) is 20.1 Å². The molecule has 0 amide bonds. The van der Waals surface area contributed by atoms with Gasteiger partial charge < -0.3 is 20.1 Å². The molecule has 0 aromatic heterocycles. The van der Waals surface area contributed by atoms with E-state index in [1.54, 1.807) is 0 Å². The van der Waals surface area contributed by atoms with E-state index < -0.39 is 17.8 Å². The van der Waals surface area contributed by atoms with Crippen LogP contribution in [0, 0.1) is 11.8 Å². The number of aliphatic hydroxyl groups excluding tert-OH is 2. The molecule has 2 unspecified atom stereocenters. The van der Waals surface area contributed by atoms with Crippen LogP contribution in [0.5, 0.6) is 0 Å². The molecule has 0 bridgehead atoms. The van der Waals surface area contributed by atoms with E-state index in [0.29, 0.717) is 19.3 Å². The predicted molar refractivity (Wildman–Crippen MR) is 107 cm³/mol. The smallest absolute Gasteiger partial charge is 0.305 e. The van der Waals surface area contributed by atoms with Crippen LogP contribution in [0.2, 0.25) is 0 Å². The largest absolute Gasteiger partial charge is 0.469 e. The molecule has 1 aliphatic rings. The number of carbonyl (C=O) groups is 1. The highest BCUT2D eigenvalue weighted by Gasteiger charge is 2.39. The summed E-state index contributed by atoms with van der Waals surface area (Å²) < 4.78 is 4.64. The van der Waals surface area contributed by atoms with Crippen molar-refractivity contribution in [2.75, 3.05) is 7.11 Å². The van der Waals surface area contributed by atoms with E-state index >= 15 is 0 Å². The van der Waals surface area contributed by atoms with Crippen LogP contribution in [0.1, 0.15) is 84.5 Å². The molecule has 0 heterocycles. The summed E-state index contributed by atoms with van der Waals surface area (Å²) in [5, 5.41) is 31.0. The number of carbonyl (C=O) groups excluding carboxylic acids is 1. The highest BCUT2D eigenvalue weighted by atomic mass is 16.5. The average Bonchev–Trinajstić information content (AvgIpc) is 2.89. The first kappa shape index (κ1) is 24.1. The van der Waals surface area contributed by atoms with Gasteiger partial charge in [0.15, 0.2) is 0 Å². The summed E-state index contributed by atoms with van der Waals surface area (Å²) in [6, 6.07) is 0. The molecule has 0 radical (unpaired) electrons. The van der Waals surface area contributed by atoms with Crippen LogP contribution in [-0.4, -0.2) is 46.2 Å². The maximum Gasteiger partial charge on any atom is 0.305 e. The molecule has 0 spiro atoms. The molecule has 3 N–H and O–H groups in total. The maximum atomic E-state index is 11.1.